The van der Waals surface area contributed by atoms with E-state index in [4.69, 9.17) is 5.21 Å². The zero-order valence-electron chi connectivity index (χ0n) is 12.7. The topological polar surface area (TPSA) is 86.7 Å². The number of nitrogens with one attached hydrogen (secondary N) is 1. The molecule has 12 heteroatoms. The molecule has 0 unspecified atom stereocenters. The van der Waals surface area contributed by atoms with Crippen molar-refractivity contribution in [3.05, 3.63) is 58.9 Å². The number of anilines is 1. The average Bonchev–Trinajstić information content (AvgIpc) is 2.63. The van der Waals surface area contributed by atoms with Gasteiger partial charge >= 0.3 is 0 Å². The summed E-state index contributed by atoms with van der Waals surface area (Å²) in [6, 6.07) is 4.17. The summed E-state index contributed by atoms with van der Waals surface area (Å²) in [4.78, 5) is 9.19. The van der Waals surface area contributed by atoms with Crippen LogP contribution in [0.2, 0.25) is 0 Å². The van der Waals surface area contributed by atoms with Gasteiger partial charge in [-0.3, -0.25) is 14.3 Å². The molecule has 0 aliphatic heterocycles. The molecular weight excluding hydrogens is 387 g/mol. The molecule has 2 N–H and O–H groups in total. The van der Waals surface area contributed by atoms with Crippen LogP contribution in [0.3, 0.4) is 0 Å². The number of halogens is 5. The lowest BCUT2D eigenvalue weighted by Crippen LogP contribution is -2.29. The Kier molecular flexibility index (Phi) is 5.18. The molecule has 0 aliphatic carbocycles. The van der Waals surface area contributed by atoms with E-state index in [-0.39, 0.29) is 15.6 Å². The second-order valence-electron chi connectivity index (χ2n) is 4.86. The standard InChI is InChI=1S/C14H9F5N2O4S/c1-21(7-4-2-6(3-5-7)14(22)20-23)26(24,25)13-11(18)9(16)8(15)10(17)12(13)19/h2-5,23H,1H3,(H,20,22). The first kappa shape index (κ1) is 19.6. The molecule has 0 atom stereocenters. The molecule has 0 saturated heterocycles. The van der Waals surface area contributed by atoms with Gasteiger partial charge in [0.1, 0.15) is 0 Å². The molecule has 26 heavy (non-hydrogen) atoms. The SMILES string of the molecule is CN(c1ccc(C(=O)NO)cc1)S(=O)(=O)c1c(F)c(F)c(F)c(F)c1F. The maximum atomic E-state index is 13.8. The van der Waals surface area contributed by atoms with Gasteiger partial charge in [-0.15, -0.1) is 0 Å². The zero-order valence-corrected chi connectivity index (χ0v) is 13.5. The third kappa shape index (κ3) is 3.08. The first-order valence-corrected chi connectivity index (χ1v) is 8.02. The Morgan fingerprint density at radius 2 is 1.35 bits per heavy atom. The third-order valence-corrected chi connectivity index (χ3v) is 5.19. The lowest BCUT2D eigenvalue weighted by molar-refractivity contribution is 0.0706. The molecule has 0 aliphatic rings. The predicted octanol–water partition coefficient (Wildman–Crippen LogP) is 2.33. The van der Waals surface area contributed by atoms with E-state index in [0.717, 1.165) is 31.3 Å². The highest BCUT2D eigenvalue weighted by Crippen LogP contribution is 2.30. The van der Waals surface area contributed by atoms with Crippen molar-refractivity contribution in [2.75, 3.05) is 11.4 Å². The van der Waals surface area contributed by atoms with Gasteiger partial charge in [-0.1, -0.05) is 0 Å². The van der Waals surface area contributed by atoms with Crippen LogP contribution in [0.25, 0.3) is 0 Å². The van der Waals surface area contributed by atoms with Crippen LogP contribution in [0.1, 0.15) is 10.4 Å². The highest BCUT2D eigenvalue weighted by atomic mass is 32.2. The van der Waals surface area contributed by atoms with Crippen LogP contribution in [0.15, 0.2) is 29.2 Å². The van der Waals surface area contributed by atoms with Gasteiger partial charge in [-0.2, -0.15) is 0 Å². The fraction of sp³-hybridized carbons (Fsp3) is 0.0714. The Morgan fingerprint density at radius 1 is 0.923 bits per heavy atom. The molecule has 0 bridgehead atoms. The Balaban J connectivity index is 2.56. The van der Waals surface area contributed by atoms with Crippen LogP contribution in [0, 0.1) is 29.1 Å². The molecule has 2 aromatic rings. The number of rotatable bonds is 4. The first-order valence-electron chi connectivity index (χ1n) is 6.58. The summed E-state index contributed by atoms with van der Waals surface area (Å²) in [6.45, 7) is 0. The molecule has 0 spiro atoms. The van der Waals surface area contributed by atoms with Gasteiger partial charge in [0.25, 0.3) is 15.9 Å². The minimum absolute atomic E-state index is 0.0849. The van der Waals surface area contributed by atoms with E-state index >= 15 is 0 Å². The number of amides is 1. The van der Waals surface area contributed by atoms with E-state index in [9.17, 15) is 35.2 Å². The van der Waals surface area contributed by atoms with Gasteiger partial charge in [0, 0.05) is 12.6 Å². The van der Waals surface area contributed by atoms with Gasteiger partial charge in [-0.25, -0.2) is 35.8 Å². The molecule has 0 fully saturated rings. The highest BCUT2D eigenvalue weighted by molar-refractivity contribution is 7.92. The number of sulfonamides is 1. The van der Waals surface area contributed by atoms with Gasteiger partial charge in [0.05, 0.1) is 5.69 Å². The monoisotopic (exact) mass is 396 g/mol. The van der Waals surface area contributed by atoms with Crippen LogP contribution < -0.4 is 9.79 Å². The normalized spacial score (nSPS) is 11.3. The molecule has 2 aromatic carbocycles. The largest absolute Gasteiger partial charge is 0.288 e. The molecule has 0 aromatic heterocycles. The molecule has 6 nitrogen and oxygen atoms in total. The molecular formula is C14H9F5N2O4S. The number of hydrogen-bond donors (Lipinski definition) is 2. The van der Waals surface area contributed by atoms with Gasteiger partial charge in [0.15, 0.2) is 28.2 Å². The molecule has 0 saturated carbocycles. The van der Waals surface area contributed by atoms with Crippen molar-refractivity contribution < 1.29 is 40.4 Å². The number of hydrogen-bond acceptors (Lipinski definition) is 4. The van der Waals surface area contributed by atoms with E-state index in [1.54, 1.807) is 0 Å². The summed E-state index contributed by atoms with van der Waals surface area (Å²) in [5, 5.41) is 8.49. The van der Waals surface area contributed by atoms with Crippen molar-refractivity contribution in [3.8, 4) is 0 Å². The maximum Gasteiger partial charge on any atom is 0.274 e. The number of benzene rings is 2. The van der Waals surface area contributed by atoms with E-state index in [1.165, 1.54) is 5.48 Å². The van der Waals surface area contributed by atoms with E-state index in [0.29, 0.717) is 0 Å². The third-order valence-electron chi connectivity index (χ3n) is 3.38. The summed E-state index contributed by atoms with van der Waals surface area (Å²) in [6.07, 6.45) is 0. The summed E-state index contributed by atoms with van der Waals surface area (Å²) >= 11 is 0. The number of hydroxylamine groups is 1. The molecule has 0 radical (unpaired) electrons. The minimum atomic E-state index is -5.17. The van der Waals surface area contributed by atoms with Crippen LogP contribution in [-0.4, -0.2) is 26.6 Å². The quantitative estimate of drug-likeness (QED) is 0.273. The zero-order chi connectivity index (χ0) is 19.8. The Bertz CT molecular complexity index is 951. The second kappa shape index (κ2) is 6.88. The van der Waals surface area contributed by atoms with Gasteiger partial charge in [0.2, 0.25) is 5.82 Å². The van der Waals surface area contributed by atoms with Gasteiger partial charge < -0.3 is 0 Å². The minimum Gasteiger partial charge on any atom is -0.288 e. The van der Waals surface area contributed by atoms with Crippen LogP contribution >= 0.6 is 0 Å². The first-order chi connectivity index (χ1) is 12.0. The molecule has 0 heterocycles. The molecule has 140 valence electrons. The number of carbonyl (C=O) groups excluding carboxylic acids is 1. The summed E-state index contributed by atoms with van der Waals surface area (Å²) in [5.74, 6) is -13.2. The number of nitrogens with zero attached hydrogens (tertiary/aromatic N) is 1. The Labute approximate surface area is 143 Å². The van der Waals surface area contributed by atoms with E-state index in [1.807, 2.05) is 0 Å². The highest BCUT2D eigenvalue weighted by Gasteiger charge is 2.36. The van der Waals surface area contributed by atoms with Crippen molar-refractivity contribution in [1.82, 2.24) is 5.48 Å². The van der Waals surface area contributed by atoms with Crippen LogP contribution in [0.4, 0.5) is 27.6 Å². The predicted molar refractivity (Wildman–Crippen MR) is 77.5 cm³/mol. The average molecular weight is 396 g/mol. The lowest BCUT2D eigenvalue weighted by Gasteiger charge is -2.20. The van der Waals surface area contributed by atoms with Crippen molar-refractivity contribution in [2.24, 2.45) is 0 Å². The van der Waals surface area contributed by atoms with Crippen molar-refractivity contribution in [3.63, 3.8) is 0 Å². The van der Waals surface area contributed by atoms with E-state index in [2.05, 4.69) is 0 Å². The van der Waals surface area contributed by atoms with E-state index < -0.39 is 49.9 Å². The van der Waals surface area contributed by atoms with Crippen molar-refractivity contribution >= 4 is 21.6 Å². The van der Waals surface area contributed by atoms with Crippen LogP contribution in [-0.2, 0) is 10.0 Å². The summed E-state index contributed by atoms with van der Waals surface area (Å²) < 4.78 is 92.1. The number of carbonyl (C=O) groups is 1. The fourth-order valence-corrected chi connectivity index (χ4v) is 3.28. The molecule has 2 rings (SSSR count). The second-order valence-corrected chi connectivity index (χ2v) is 6.77. The van der Waals surface area contributed by atoms with Crippen molar-refractivity contribution in [1.29, 1.82) is 0 Å². The lowest BCUT2D eigenvalue weighted by atomic mass is 10.2. The van der Waals surface area contributed by atoms with Crippen LogP contribution in [0.5, 0.6) is 0 Å². The fourth-order valence-electron chi connectivity index (χ4n) is 1.97. The Hall–Kier alpha value is -2.73. The maximum absolute atomic E-state index is 13.8. The Morgan fingerprint density at radius 3 is 1.77 bits per heavy atom. The molecule has 1 amide bonds. The van der Waals surface area contributed by atoms with Crippen molar-refractivity contribution in [2.45, 2.75) is 4.90 Å². The summed E-state index contributed by atoms with van der Waals surface area (Å²) in [5.41, 5.74) is 0.998. The smallest absolute Gasteiger partial charge is 0.274 e. The summed E-state index contributed by atoms with van der Waals surface area (Å²) in [7, 11) is -4.35. The van der Waals surface area contributed by atoms with Gasteiger partial charge in [-0.05, 0) is 24.3 Å².